The fraction of sp³-hybridized carbons (Fsp3) is 0.559. The molecule has 10 atom stereocenters. The molecule has 0 saturated carbocycles. The molecule has 4 aliphatic rings. The fourth-order valence-corrected chi connectivity index (χ4v) is 11.2. The maximum atomic E-state index is 14.8. The van der Waals surface area contributed by atoms with Gasteiger partial charge < -0.3 is 54.9 Å². The molecule has 6 rings (SSSR count). The molecule has 272 valence electrons. The lowest BCUT2D eigenvalue weighted by Gasteiger charge is -2.37. The van der Waals surface area contributed by atoms with E-state index in [1.165, 1.54) is 0 Å². The highest BCUT2D eigenvalue weighted by Gasteiger charge is 2.66. The SMILES string of the molecule is C[C@H]1[C@H]([Si](C)(C)O)[C@@H](CC(=O)N2CCC[C@H]2CO)O[C@]12C(=O)N(Cc1cccc(NC(=O)[C@H]3O[C@@H](O)[C@H](O)[C@@H](O)[C@@H]3O)c1)c1ccc(Br)cc12. The molecule has 3 fully saturated rings. The van der Waals surface area contributed by atoms with Gasteiger partial charge in [-0.05, 0) is 61.8 Å². The molecular weight excluding hydrogens is 734 g/mol. The van der Waals surface area contributed by atoms with Gasteiger partial charge in [0.15, 0.2) is 26.3 Å². The van der Waals surface area contributed by atoms with Crippen LogP contribution < -0.4 is 10.2 Å². The van der Waals surface area contributed by atoms with Crippen LogP contribution in [0.3, 0.4) is 0 Å². The number of rotatable bonds is 8. The van der Waals surface area contributed by atoms with Gasteiger partial charge in [0, 0.05) is 33.7 Å². The zero-order valence-corrected chi connectivity index (χ0v) is 30.6. The highest BCUT2D eigenvalue weighted by Crippen LogP contribution is 2.60. The van der Waals surface area contributed by atoms with Gasteiger partial charge in [0.05, 0.1) is 37.4 Å². The molecule has 0 unspecified atom stereocenters. The molecule has 3 amide bonds. The third-order valence-corrected chi connectivity index (χ3v) is 13.6. The first kappa shape index (κ1) is 37.0. The number of fused-ring (bicyclic) bond motifs is 2. The third kappa shape index (κ3) is 6.44. The number of ether oxygens (including phenoxy) is 2. The van der Waals surface area contributed by atoms with Crippen molar-refractivity contribution in [1.82, 2.24) is 4.90 Å². The quantitative estimate of drug-likeness (QED) is 0.188. The lowest BCUT2D eigenvalue weighted by molar-refractivity contribution is -0.274. The summed E-state index contributed by atoms with van der Waals surface area (Å²) in [6, 6.07) is 11.8. The molecule has 0 aromatic heterocycles. The Hall–Kier alpha value is -2.77. The Kier molecular flexibility index (Phi) is 10.3. The molecule has 16 heteroatoms. The summed E-state index contributed by atoms with van der Waals surface area (Å²) in [6.07, 6.45) is -8.19. The van der Waals surface area contributed by atoms with Gasteiger partial charge in [0.25, 0.3) is 11.8 Å². The van der Waals surface area contributed by atoms with Crippen LogP contribution in [0.15, 0.2) is 46.9 Å². The monoisotopic (exact) mass is 777 g/mol. The normalized spacial score (nSPS) is 34.0. The Labute approximate surface area is 298 Å². The van der Waals surface area contributed by atoms with E-state index in [9.17, 15) is 44.7 Å². The van der Waals surface area contributed by atoms with Gasteiger partial charge in [0.1, 0.15) is 18.3 Å². The van der Waals surface area contributed by atoms with E-state index < -0.39 is 68.1 Å². The first-order valence-electron chi connectivity index (χ1n) is 16.8. The van der Waals surface area contributed by atoms with Crippen LogP contribution in [0.2, 0.25) is 18.6 Å². The van der Waals surface area contributed by atoms with Gasteiger partial charge in [0.2, 0.25) is 5.91 Å². The third-order valence-electron chi connectivity index (χ3n) is 10.6. The van der Waals surface area contributed by atoms with E-state index >= 15 is 0 Å². The Balaban J connectivity index is 1.27. The van der Waals surface area contributed by atoms with Crippen LogP contribution in [0.1, 0.15) is 37.3 Å². The number of anilines is 2. The molecule has 0 bridgehead atoms. The number of hydrogen-bond acceptors (Lipinski definition) is 11. The molecule has 4 heterocycles. The Morgan fingerprint density at radius 1 is 1.08 bits per heavy atom. The number of carbonyl (C=O) groups excluding carboxylic acids is 3. The minimum Gasteiger partial charge on any atom is -0.432 e. The van der Waals surface area contributed by atoms with Crippen LogP contribution in [0.5, 0.6) is 0 Å². The van der Waals surface area contributed by atoms with Crippen molar-refractivity contribution in [2.45, 2.75) is 99.8 Å². The Bertz CT molecular complexity index is 1640. The van der Waals surface area contributed by atoms with Crippen LogP contribution in [0.4, 0.5) is 11.4 Å². The number of aliphatic hydroxyl groups excluding tert-OH is 5. The van der Waals surface area contributed by atoms with Gasteiger partial charge in [-0.1, -0.05) is 35.0 Å². The van der Waals surface area contributed by atoms with Crippen LogP contribution in [-0.4, -0.2) is 117 Å². The van der Waals surface area contributed by atoms with Crippen molar-refractivity contribution in [1.29, 1.82) is 0 Å². The number of halogens is 1. The molecular formula is C34H44BrN3O11Si. The van der Waals surface area contributed by atoms with Crippen molar-refractivity contribution in [3.63, 3.8) is 0 Å². The van der Waals surface area contributed by atoms with E-state index in [0.717, 1.165) is 10.9 Å². The minimum atomic E-state index is -3.03. The molecule has 50 heavy (non-hydrogen) atoms. The van der Waals surface area contributed by atoms with Gasteiger partial charge in [-0.25, -0.2) is 0 Å². The zero-order valence-electron chi connectivity index (χ0n) is 28.0. The molecule has 2 aromatic carbocycles. The molecule has 3 saturated heterocycles. The highest BCUT2D eigenvalue weighted by atomic mass is 79.9. The van der Waals surface area contributed by atoms with Crippen molar-refractivity contribution in [2.75, 3.05) is 23.4 Å². The van der Waals surface area contributed by atoms with Crippen LogP contribution in [0, 0.1) is 5.92 Å². The topological polar surface area (TPSA) is 210 Å². The van der Waals surface area contributed by atoms with Crippen molar-refractivity contribution >= 4 is 53.3 Å². The van der Waals surface area contributed by atoms with E-state index in [2.05, 4.69) is 21.2 Å². The molecule has 1 spiro atoms. The molecule has 4 aliphatic heterocycles. The second-order valence-corrected chi connectivity index (χ2v) is 19.2. The van der Waals surface area contributed by atoms with Crippen molar-refractivity contribution in [3.05, 3.63) is 58.1 Å². The maximum Gasteiger partial charge on any atom is 0.264 e. The van der Waals surface area contributed by atoms with Gasteiger partial charge in [-0.2, -0.15) is 0 Å². The second kappa shape index (κ2) is 14.0. The minimum absolute atomic E-state index is 0.0327. The average molecular weight is 779 g/mol. The van der Waals surface area contributed by atoms with Gasteiger partial charge in [-0.15, -0.1) is 0 Å². The number of likely N-dealkylation sites (tertiary alicyclic amines) is 1. The van der Waals surface area contributed by atoms with Crippen molar-refractivity contribution in [3.8, 4) is 0 Å². The fourth-order valence-electron chi connectivity index (χ4n) is 8.27. The number of benzene rings is 2. The molecule has 7 N–H and O–H groups in total. The Morgan fingerprint density at radius 2 is 1.82 bits per heavy atom. The van der Waals surface area contributed by atoms with Gasteiger partial charge >= 0.3 is 0 Å². The largest absolute Gasteiger partial charge is 0.432 e. The smallest absolute Gasteiger partial charge is 0.264 e. The number of aliphatic hydroxyl groups is 5. The second-order valence-electron chi connectivity index (χ2n) is 14.3. The van der Waals surface area contributed by atoms with E-state index in [1.54, 1.807) is 47.2 Å². The molecule has 2 aromatic rings. The Morgan fingerprint density at radius 3 is 2.52 bits per heavy atom. The van der Waals surface area contributed by atoms with Crippen molar-refractivity contribution < 1.29 is 54.2 Å². The van der Waals surface area contributed by atoms with E-state index in [4.69, 9.17) is 9.47 Å². The van der Waals surface area contributed by atoms with Crippen molar-refractivity contribution in [2.24, 2.45) is 5.92 Å². The summed E-state index contributed by atoms with van der Waals surface area (Å²) in [7, 11) is -3.03. The summed E-state index contributed by atoms with van der Waals surface area (Å²) in [6.45, 7) is 5.95. The van der Waals surface area contributed by atoms with Crippen LogP contribution in [0.25, 0.3) is 0 Å². The van der Waals surface area contributed by atoms with E-state index in [0.29, 0.717) is 29.8 Å². The predicted octanol–water partition coefficient (Wildman–Crippen LogP) is 0.906. The zero-order chi connectivity index (χ0) is 36.3. The van der Waals surface area contributed by atoms with E-state index in [1.807, 2.05) is 25.1 Å². The first-order valence-corrected chi connectivity index (χ1v) is 20.6. The summed E-state index contributed by atoms with van der Waals surface area (Å²) < 4.78 is 12.6. The lowest BCUT2D eigenvalue weighted by Crippen LogP contribution is -2.60. The number of nitrogens with one attached hydrogen (secondary N) is 1. The van der Waals surface area contributed by atoms with Crippen LogP contribution in [-0.2, 0) is 36.0 Å². The molecule has 0 radical (unpaired) electrons. The number of hydrogen-bond donors (Lipinski definition) is 7. The van der Waals surface area contributed by atoms with Crippen LogP contribution >= 0.6 is 15.9 Å². The lowest BCUT2D eigenvalue weighted by atomic mass is 9.82. The molecule has 0 aliphatic carbocycles. The number of nitrogens with zero attached hydrogens (tertiary/aromatic N) is 2. The summed E-state index contributed by atoms with van der Waals surface area (Å²) in [5, 5.41) is 52.3. The van der Waals surface area contributed by atoms with E-state index in [-0.39, 0.29) is 43.1 Å². The van der Waals surface area contributed by atoms with Gasteiger partial charge in [-0.3, -0.25) is 14.4 Å². The predicted molar refractivity (Wildman–Crippen MR) is 185 cm³/mol. The average Bonchev–Trinajstić information content (AvgIpc) is 3.72. The first-order chi connectivity index (χ1) is 23.6. The highest BCUT2D eigenvalue weighted by molar-refractivity contribution is 9.10. The molecule has 14 nitrogen and oxygen atoms in total. The summed E-state index contributed by atoms with van der Waals surface area (Å²) in [5.41, 5.74) is 0.169. The number of amides is 3. The summed E-state index contributed by atoms with van der Waals surface area (Å²) in [5.74, 6) is -1.89. The summed E-state index contributed by atoms with van der Waals surface area (Å²) >= 11 is 3.55. The standard InChI is InChI=1S/C34H44BrN3O11Si/c1-17-30(50(2,3)47)24(14-25(40)37-11-5-8-21(37)16-39)49-34(17)22-13-19(35)9-10-23(22)38(33(34)46)15-18-6-4-7-20(12-18)36-31(44)29-27(42)26(41)28(43)32(45)48-29/h4,6-7,9-10,12-13,17,21,24,26-30,32,39,41-43,45,47H,5,8,11,14-16H2,1-3H3,(H,36,44)/t17-,21-,24+,26-,27-,28+,29-,30-,32+,34+/m0/s1. The number of carbonyl (C=O) groups is 3. The maximum absolute atomic E-state index is 14.8. The summed E-state index contributed by atoms with van der Waals surface area (Å²) in [4.78, 5) is 56.2.